The molecule has 124 valence electrons. The quantitative estimate of drug-likeness (QED) is 0.777. The zero-order valence-electron chi connectivity index (χ0n) is 12.3. The molecule has 2 atom stereocenters. The summed E-state index contributed by atoms with van der Waals surface area (Å²) in [6.07, 6.45) is -2.53. The number of nitrogens with zero attached hydrogens (tertiary/aromatic N) is 1. The van der Waals surface area contributed by atoms with Crippen molar-refractivity contribution in [2.75, 3.05) is 6.54 Å². The molecule has 0 saturated carbocycles. The molecule has 2 rings (SSSR count). The Morgan fingerprint density at radius 3 is 2.52 bits per heavy atom. The van der Waals surface area contributed by atoms with E-state index in [1.807, 2.05) is 6.07 Å². The average Bonchev–Trinajstić information content (AvgIpc) is 2.53. The predicted octanol–water partition coefficient (Wildman–Crippen LogP) is 1.71. The molecule has 1 aromatic rings. The van der Waals surface area contributed by atoms with Crippen LogP contribution in [0, 0.1) is 5.92 Å². The minimum atomic E-state index is -1.27. The third-order valence-electron chi connectivity index (χ3n) is 3.67. The molecule has 23 heavy (non-hydrogen) atoms. The van der Waals surface area contributed by atoms with Crippen LogP contribution in [0.5, 0.6) is 0 Å². The molecule has 0 aliphatic carbocycles. The largest absolute Gasteiger partial charge is 0.481 e. The number of amides is 2. The van der Waals surface area contributed by atoms with Gasteiger partial charge in [-0.1, -0.05) is 30.3 Å². The first-order chi connectivity index (χ1) is 11.0. The third-order valence-corrected chi connectivity index (χ3v) is 3.67. The number of hydrogen-bond donors (Lipinski definition) is 3. The molecule has 1 heterocycles. The fourth-order valence-corrected chi connectivity index (χ4v) is 2.53. The zero-order chi connectivity index (χ0) is 16.8. The molecule has 1 aliphatic heterocycles. The summed E-state index contributed by atoms with van der Waals surface area (Å²) >= 11 is 0. The first kappa shape index (κ1) is 16.6. The first-order valence-corrected chi connectivity index (χ1v) is 7.18. The van der Waals surface area contributed by atoms with Crippen LogP contribution in [0.25, 0.3) is 0 Å². The standard InChI is InChI=1S/C15H18N2O6/c18-13(19)11-7-4-8-17(15(21)22)12(11)16-14(20)23-9-10-5-2-1-3-6-10/h1-3,5-6,11-12H,4,7-9H2,(H,16,20)(H,18,19)(H,21,22). The lowest BCUT2D eigenvalue weighted by atomic mass is 9.94. The molecule has 1 aliphatic rings. The van der Waals surface area contributed by atoms with Gasteiger partial charge in [-0.2, -0.15) is 0 Å². The Kier molecular flexibility index (Phi) is 5.40. The van der Waals surface area contributed by atoms with Crippen LogP contribution in [0.1, 0.15) is 18.4 Å². The highest BCUT2D eigenvalue weighted by molar-refractivity contribution is 5.76. The van der Waals surface area contributed by atoms with Crippen molar-refractivity contribution in [2.24, 2.45) is 5.92 Å². The number of ether oxygens (including phenoxy) is 1. The summed E-state index contributed by atoms with van der Waals surface area (Å²) in [6.45, 7) is 0.187. The number of likely N-dealkylation sites (tertiary alicyclic amines) is 1. The first-order valence-electron chi connectivity index (χ1n) is 7.18. The number of carboxylic acid groups (broad SMARTS) is 2. The Balaban J connectivity index is 1.99. The smallest absolute Gasteiger partial charge is 0.409 e. The van der Waals surface area contributed by atoms with E-state index in [-0.39, 0.29) is 13.2 Å². The number of benzene rings is 1. The summed E-state index contributed by atoms with van der Waals surface area (Å²) in [6, 6.07) is 8.97. The minimum Gasteiger partial charge on any atom is -0.481 e. The molecule has 1 aromatic carbocycles. The summed E-state index contributed by atoms with van der Waals surface area (Å²) < 4.78 is 5.02. The second-order valence-corrected chi connectivity index (χ2v) is 5.21. The summed E-state index contributed by atoms with van der Waals surface area (Å²) in [4.78, 5) is 35.3. The van der Waals surface area contributed by atoms with Crippen molar-refractivity contribution in [2.45, 2.75) is 25.6 Å². The Hall–Kier alpha value is -2.77. The highest BCUT2D eigenvalue weighted by atomic mass is 16.5. The average molecular weight is 322 g/mol. The molecule has 1 saturated heterocycles. The Bertz CT molecular complexity index is 555. The molecule has 8 nitrogen and oxygen atoms in total. The van der Waals surface area contributed by atoms with E-state index in [0.29, 0.717) is 12.8 Å². The number of carbonyl (C=O) groups excluding carboxylic acids is 1. The van der Waals surface area contributed by atoms with Crippen molar-refractivity contribution in [1.29, 1.82) is 0 Å². The van der Waals surface area contributed by atoms with Crippen LogP contribution in [0.3, 0.4) is 0 Å². The van der Waals surface area contributed by atoms with Gasteiger partial charge in [0.15, 0.2) is 0 Å². The number of piperidine rings is 1. The van der Waals surface area contributed by atoms with Gasteiger partial charge in [-0.25, -0.2) is 9.59 Å². The van der Waals surface area contributed by atoms with Crippen molar-refractivity contribution in [1.82, 2.24) is 10.2 Å². The van der Waals surface area contributed by atoms with E-state index < -0.39 is 30.2 Å². The van der Waals surface area contributed by atoms with Gasteiger partial charge in [0.25, 0.3) is 0 Å². The molecule has 0 radical (unpaired) electrons. The van der Waals surface area contributed by atoms with Crippen LogP contribution in [0.4, 0.5) is 9.59 Å². The molecule has 3 N–H and O–H groups in total. The summed E-state index contributed by atoms with van der Waals surface area (Å²) in [5.74, 6) is -2.14. The molecule has 2 unspecified atom stereocenters. The van der Waals surface area contributed by atoms with Crippen LogP contribution in [0.15, 0.2) is 30.3 Å². The van der Waals surface area contributed by atoms with Gasteiger partial charge in [0.1, 0.15) is 12.8 Å². The summed E-state index contributed by atoms with van der Waals surface area (Å²) in [5, 5.41) is 20.7. The van der Waals surface area contributed by atoms with Crippen molar-refractivity contribution < 1.29 is 29.3 Å². The van der Waals surface area contributed by atoms with Gasteiger partial charge in [-0.3, -0.25) is 9.69 Å². The Morgan fingerprint density at radius 2 is 1.91 bits per heavy atom. The molecule has 1 fully saturated rings. The predicted molar refractivity (Wildman–Crippen MR) is 78.6 cm³/mol. The van der Waals surface area contributed by atoms with Gasteiger partial charge in [-0.05, 0) is 18.4 Å². The SMILES string of the molecule is O=C(NC1C(C(=O)O)CCCN1C(=O)O)OCc1ccccc1. The van der Waals surface area contributed by atoms with Gasteiger partial charge in [0, 0.05) is 6.54 Å². The van der Waals surface area contributed by atoms with Gasteiger partial charge in [0.05, 0.1) is 5.92 Å². The van der Waals surface area contributed by atoms with E-state index in [1.165, 1.54) is 0 Å². The van der Waals surface area contributed by atoms with Crippen molar-refractivity contribution >= 4 is 18.2 Å². The number of nitrogens with one attached hydrogen (secondary N) is 1. The molecular weight excluding hydrogens is 304 g/mol. The Labute approximate surface area is 132 Å². The Morgan fingerprint density at radius 1 is 1.22 bits per heavy atom. The van der Waals surface area contributed by atoms with Crippen LogP contribution in [0.2, 0.25) is 0 Å². The van der Waals surface area contributed by atoms with E-state index in [1.54, 1.807) is 24.3 Å². The lowest BCUT2D eigenvalue weighted by molar-refractivity contribution is -0.145. The molecule has 2 amide bonds. The lowest BCUT2D eigenvalue weighted by Gasteiger charge is -2.37. The molecule has 0 bridgehead atoms. The number of carbonyl (C=O) groups is 3. The highest BCUT2D eigenvalue weighted by Gasteiger charge is 2.39. The van der Waals surface area contributed by atoms with Gasteiger partial charge < -0.3 is 20.3 Å². The number of hydrogen-bond acceptors (Lipinski definition) is 4. The van der Waals surface area contributed by atoms with Gasteiger partial charge in [0.2, 0.25) is 0 Å². The van der Waals surface area contributed by atoms with Crippen LogP contribution in [-0.4, -0.2) is 46.0 Å². The van der Waals surface area contributed by atoms with E-state index in [4.69, 9.17) is 9.84 Å². The van der Waals surface area contributed by atoms with E-state index in [9.17, 15) is 19.5 Å². The van der Waals surface area contributed by atoms with Gasteiger partial charge >= 0.3 is 18.2 Å². The van der Waals surface area contributed by atoms with Crippen LogP contribution in [-0.2, 0) is 16.1 Å². The minimum absolute atomic E-state index is 0.0181. The number of alkyl carbamates (subject to hydrolysis) is 1. The fourth-order valence-electron chi connectivity index (χ4n) is 2.53. The van der Waals surface area contributed by atoms with Crippen molar-refractivity contribution in [3.63, 3.8) is 0 Å². The molecule has 8 heteroatoms. The monoisotopic (exact) mass is 322 g/mol. The lowest BCUT2D eigenvalue weighted by Crippen LogP contribution is -2.58. The maximum absolute atomic E-state index is 11.9. The van der Waals surface area contributed by atoms with E-state index in [2.05, 4.69) is 5.32 Å². The van der Waals surface area contributed by atoms with Crippen molar-refractivity contribution in [3.05, 3.63) is 35.9 Å². The van der Waals surface area contributed by atoms with Gasteiger partial charge in [-0.15, -0.1) is 0 Å². The maximum atomic E-state index is 11.9. The number of carboxylic acids is 1. The molecule has 0 spiro atoms. The fraction of sp³-hybridized carbons (Fsp3) is 0.400. The van der Waals surface area contributed by atoms with Crippen LogP contribution >= 0.6 is 0 Å². The third kappa shape index (κ3) is 4.35. The molecular formula is C15H18N2O6. The maximum Gasteiger partial charge on any atom is 0.409 e. The number of aliphatic carboxylic acids is 1. The second-order valence-electron chi connectivity index (χ2n) is 5.21. The topological polar surface area (TPSA) is 116 Å². The number of rotatable bonds is 4. The van der Waals surface area contributed by atoms with Crippen molar-refractivity contribution in [3.8, 4) is 0 Å². The normalized spacial score (nSPS) is 20.6. The van der Waals surface area contributed by atoms with E-state index in [0.717, 1.165) is 10.5 Å². The summed E-state index contributed by atoms with van der Waals surface area (Å²) in [5.41, 5.74) is 0.774. The molecule has 0 aromatic heterocycles. The van der Waals surface area contributed by atoms with E-state index >= 15 is 0 Å². The highest BCUT2D eigenvalue weighted by Crippen LogP contribution is 2.22. The van der Waals surface area contributed by atoms with Crippen LogP contribution < -0.4 is 5.32 Å². The second kappa shape index (κ2) is 7.48. The summed E-state index contributed by atoms with van der Waals surface area (Å²) in [7, 11) is 0. The zero-order valence-corrected chi connectivity index (χ0v) is 12.3.